The predicted octanol–water partition coefficient (Wildman–Crippen LogP) is 4.17. The second-order valence-electron chi connectivity index (χ2n) is 4.97. The van der Waals surface area contributed by atoms with Gasteiger partial charge in [0.2, 0.25) is 0 Å². The summed E-state index contributed by atoms with van der Waals surface area (Å²) in [5.74, 6) is -0.536. The topological polar surface area (TPSA) is 57.3 Å². The van der Waals surface area contributed by atoms with E-state index in [1.807, 2.05) is 0 Å². The van der Waals surface area contributed by atoms with Gasteiger partial charge in [0.25, 0.3) is 5.89 Å². The summed E-state index contributed by atoms with van der Waals surface area (Å²) in [6.07, 6.45) is -4.47. The molecule has 130 valence electrons. The minimum atomic E-state index is -4.47. The van der Waals surface area contributed by atoms with Crippen LogP contribution >= 0.6 is 11.6 Å². The zero-order valence-corrected chi connectivity index (χ0v) is 13.4. The van der Waals surface area contributed by atoms with Gasteiger partial charge in [-0.2, -0.15) is 17.9 Å². The van der Waals surface area contributed by atoms with Crippen molar-refractivity contribution in [2.24, 2.45) is 0 Å². The molecule has 3 aromatic rings. The Bertz CT molecular complexity index is 962. The maximum Gasteiger partial charge on any atom is 0.442 e. The van der Waals surface area contributed by atoms with Crippen LogP contribution in [-0.2, 0) is 6.18 Å². The van der Waals surface area contributed by atoms with E-state index in [1.165, 1.54) is 13.2 Å². The van der Waals surface area contributed by atoms with Crippen molar-refractivity contribution in [1.82, 2.24) is 9.78 Å². The molecule has 0 radical (unpaired) electrons. The second-order valence-corrected chi connectivity index (χ2v) is 5.41. The van der Waals surface area contributed by atoms with Gasteiger partial charge in [-0.15, -0.1) is 5.10 Å². The molecule has 0 aliphatic heterocycles. The van der Waals surface area contributed by atoms with Crippen molar-refractivity contribution >= 4 is 11.6 Å². The lowest BCUT2D eigenvalue weighted by atomic mass is 10.2. The van der Waals surface area contributed by atoms with E-state index < -0.39 is 17.5 Å². The number of hydrogen-bond acceptors (Lipinski definition) is 4. The maximum absolute atomic E-state index is 12.6. The summed E-state index contributed by atoms with van der Waals surface area (Å²) >= 11 is 5.93. The van der Waals surface area contributed by atoms with Crippen molar-refractivity contribution in [1.29, 1.82) is 0 Å². The Balaban J connectivity index is 2.04. The summed E-state index contributed by atoms with van der Waals surface area (Å²) in [7, 11) is 1.43. The monoisotopic (exact) mass is 370 g/mol. The van der Waals surface area contributed by atoms with E-state index in [9.17, 15) is 18.0 Å². The van der Waals surface area contributed by atoms with Crippen LogP contribution in [0.2, 0.25) is 5.02 Å². The summed E-state index contributed by atoms with van der Waals surface area (Å²) in [5, 5.41) is 4.39. The highest BCUT2D eigenvalue weighted by Gasteiger charge is 2.30. The molecule has 3 rings (SSSR count). The molecule has 0 fully saturated rings. The lowest BCUT2D eigenvalue weighted by Crippen LogP contribution is -2.14. The molecule has 0 amide bonds. The fourth-order valence-corrected chi connectivity index (χ4v) is 2.36. The average Bonchev–Trinajstić information content (AvgIpc) is 2.96. The molecule has 0 atom stereocenters. The Morgan fingerprint density at radius 3 is 2.44 bits per heavy atom. The molecule has 0 N–H and O–H groups in total. The Hall–Kier alpha value is -2.74. The third-order valence-corrected chi connectivity index (χ3v) is 3.61. The molecule has 0 aliphatic rings. The van der Waals surface area contributed by atoms with Gasteiger partial charge in [-0.3, -0.25) is 0 Å². The Morgan fingerprint density at radius 2 is 1.84 bits per heavy atom. The van der Waals surface area contributed by atoms with E-state index in [1.54, 1.807) is 12.1 Å². The normalized spacial score (nSPS) is 11.6. The highest BCUT2D eigenvalue weighted by Crippen LogP contribution is 2.32. The molecule has 1 heterocycles. The largest absolute Gasteiger partial charge is 0.496 e. The molecule has 5 nitrogen and oxygen atoms in total. The summed E-state index contributed by atoms with van der Waals surface area (Å²) in [4.78, 5) is 12.0. The van der Waals surface area contributed by atoms with Crippen LogP contribution in [0.4, 0.5) is 13.2 Å². The number of nitrogens with zero attached hydrogens (tertiary/aromatic N) is 2. The van der Waals surface area contributed by atoms with Crippen molar-refractivity contribution in [2.45, 2.75) is 6.18 Å². The lowest BCUT2D eigenvalue weighted by molar-refractivity contribution is -0.137. The van der Waals surface area contributed by atoms with Crippen LogP contribution < -0.4 is 10.5 Å². The highest BCUT2D eigenvalue weighted by atomic mass is 35.5. The molecule has 0 aliphatic carbocycles. The zero-order valence-electron chi connectivity index (χ0n) is 12.7. The number of halogens is 4. The summed E-state index contributed by atoms with van der Waals surface area (Å²) < 4.78 is 49.0. The molecule has 9 heteroatoms. The second kappa shape index (κ2) is 6.29. The highest BCUT2D eigenvalue weighted by molar-refractivity contribution is 6.30. The van der Waals surface area contributed by atoms with Crippen LogP contribution in [0.5, 0.6) is 5.75 Å². The van der Waals surface area contributed by atoms with Crippen LogP contribution in [0.15, 0.2) is 51.7 Å². The van der Waals surface area contributed by atoms with E-state index in [-0.39, 0.29) is 11.6 Å². The molecular formula is C16H10ClF3N2O3. The smallest absolute Gasteiger partial charge is 0.442 e. The minimum absolute atomic E-state index is 0.0655. The molecule has 0 bridgehead atoms. The van der Waals surface area contributed by atoms with Crippen LogP contribution in [-0.4, -0.2) is 16.9 Å². The van der Waals surface area contributed by atoms with Gasteiger partial charge in [0, 0.05) is 5.02 Å². The maximum atomic E-state index is 12.6. The van der Waals surface area contributed by atoms with E-state index in [2.05, 4.69) is 5.10 Å². The predicted molar refractivity (Wildman–Crippen MR) is 84.1 cm³/mol. The molecule has 0 saturated carbocycles. The van der Waals surface area contributed by atoms with E-state index in [0.29, 0.717) is 16.3 Å². The number of rotatable bonds is 3. The van der Waals surface area contributed by atoms with Gasteiger partial charge in [-0.05, 0) is 42.5 Å². The molecule has 0 spiro atoms. The molecule has 25 heavy (non-hydrogen) atoms. The van der Waals surface area contributed by atoms with Crippen LogP contribution in [0.25, 0.3) is 17.1 Å². The SMILES string of the molecule is COc1ccc(Cl)cc1-c1nn(-c2ccc(C(F)(F)F)cc2)c(=O)o1. The number of aromatic nitrogens is 2. The van der Waals surface area contributed by atoms with Crippen LogP contribution in [0.3, 0.4) is 0 Å². The van der Waals surface area contributed by atoms with Gasteiger partial charge in [0.05, 0.1) is 23.9 Å². The first-order valence-corrected chi connectivity index (χ1v) is 7.29. The van der Waals surface area contributed by atoms with Crippen molar-refractivity contribution in [3.05, 3.63) is 63.6 Å². The quantitative estimate of drug-likeness (QED) is 0.694. The Morgan fingerprint density at radius 1 is 1.16 bits per heavy atom. The van der Waals surface area contributed by atoms with E-state index in [4.69, 9.17) is 20.8 Å². The van der Waals surface area contributed by atoms with Gasteiger partial charge in [0.1, 0.15) is 5.75 Å². The summed E-state index contributed by atoms with van der Waals surface area (Å²) in [6.45, 7) is 0. The number of hydrogen-bond donors (Lipinski definition) is 0. The summed E-state index contributed by atoms with van der Waals surface area (Å²) in [5.41, 5.74) is -0.351. The number of benzene rings is 2. The molecule has 2 aromatic carbocycles. The first-order chi connectivity index (χ1) is 11.8. The Kier molecular flexibility index (Phi) is 4.30. The standard InChI is InChI=1S/C16H10ClF3N2O3/c1-24-13-7-4-10(17)8-12(13)14-21-22(15(23)25-14)11-5-2-9(3-6-11)16(18,19)20/h2-8H,1H3. The average molecular weight is 371 g/mol. The van der Waals surface area contributed by atoms with E-state index in [0.717, 1.165) is 28.9 Å². The van der Waals surface area contributed by atoms with Crippen molar-refractivity contribution in [3.63, 3.8) is 0 Å². The van der Waals surface area contributed by atoms with E-state index >= 15 is 0 Å². The number of alkyl halides is 3. The van der Waals surface area contributed by atoms with Crippen LogP contribution in [0.1, 0.15) is 5.56 Å². The fraction of sp³-hybridized carbons (Fsp3) is 0.125. The van der Waals surface area contributed by atoms with Gasteiger partial charge in [0.15, 0.2) is 0 Å². The van der Waals surface area contributed by atoms with Gasteiger partial charge in [-0.25, -0.2) is 4.79 Å². The minimum Gasteiger partial charge on any atom is -0.496 e. The lowest BCUT2D eigenvalue weighted by Gasteiger charge is -2.06. The fourth-order valence-electron chi connectivity index (χ4n) is 2.19. The number of methoxy groups -OCH3 is 1. The van der Waals surface area contributed by atoms with Gasteiger partial charge >= 0.3 is 11.9 Å². The van der Waals surface area contributed by atoms with Gasteiger partial charge < -0.3 is 9.15 Å². The Labute approximate surface area is 144 Å². The third-order valence-electron chi connectivity index (χ3n) is 3.38. The third kappa shape index (κ3) is 3.39. The van der Waals surface area contributed by atoms with Crippen molar-refractivity contribution in [3.8, 4) is 22.9 Å². The number of ether oxygens (including phenoxy) is 1. The van der Waals surface area contributed by atoms with Crippen molar-refractivity contribution in [2.75, 3.05) is 7.11 Å². The summed E-state index contributed by atoms with van der Waals surface area (Å²) in [6, 6.07) is 8.65. The van der Waals surface area contributed by atoms with Gasteiger partial charge in [-0.1, -0.05) is 11.6 Å². The molecule has 1 aromatic heterocycles. The first-order valence-electron chi connectivity index (χ1n) is 6.91. The first kappa shape index (κ1) is 17.1. The zero-order chi connectivity index (χ0) is 18.2. The molecule has 0 unspecified atom stereocenters. The molecular weight excluding hydrogens is 361 g/mol. The van der Waals surface area contributed by atoms with Crippen molar-refractivity contribution < 1.29 is 22.3 Å². The molecule has 0 saturated heterocycles. The van der Waals surface area contributed by atoms with Crippen LogP contribution in [0, 0.1) is 0 Å².